The highest BCUT2D eigenvalue weighted by molar-refractivity contribution is 6.28. The van der Waals surface area contributed by atoms with Crippen molar-refractivity contribution in [1.29, 1.82) is 0 Å². The van der Waals surface area contributed by atoms with Gasteiger partial charge in [0.15, 0.2) is 5.78 Å². The smallest absolute Gasteiger partial charge is 0.224 e. The highest BCUT2D eigenvalue weighted by atomic mass is 35.5. The third-order valence-corrected chi connectivity index (χ3v) is 3.94. The molecule has 1 unspecified atom stereocenters. The summed E-state index contributed by atoms with van der Waals surface area (Å²) in [6, 6.07) is 7.91. The minimum absolute atomic E-state index is 0.143. The second-order valence-electron chi connectivity index (χ2n) is 4.85. The summed E-state index contributed by atoms with van der Waals surface area (Å²) < 4.78 is 0. The molecular weight excluding hydrogens is 262 g/mol. The first-order valence-electron chi connectivity index (χ1n) is 6.15. The van der Waals surface area contributed by atoms with E-state index in [1.54, 1.807) is 6.20 Å². The summed E-state index contributed by atoms with van der Waals surface area (Å²) in [5.41, 5.74) is 3.09. The summed E-state index contributed by atoms with van der Waals surface area (Å²) in [5.74, 6) is 0.990. The Morgan fingerprint density at radius 1 is 1.26 bits per heavy atom. The molecule has 0 bridgehead atoms. The molecule has 0 saturated heterocycles. The van der Waals surface area contributed by atoms with Crippen molar-refractivity contribution in [1.82, 2.24) is 9.97 Å². The Morgan fingerprint density at radius 2 is 2.11 bits per heavy atom. The van der Waals surface area contributed by atoms with Crippen molar-refractivity contribution >= 4 is 28.9 Å². The van der Waals surface area contributed by atoms with E-state index in [9.17, 15) is 4.79 Å². The number of aromatic nitrogens is 2. The zero-order valence-electron chi connectivity index (χ0n) is 10.0. The molecule has 19 heavy (non-hydrogen) atoms. The van der Waals surface area contributed by atoms with Crippen molar-refractivity contribution in [3.8, 4) is 0 Å². The number of hydrogen-bond donors (Lipinski definition) is 0. The van der Waals surface area contributed by atoms with Crippen LogP contribution in [0, 0.1) is 0 Å². The van der Waals surface area contributed by atoms with Crippen molar-refractivity contribution in [2.45, 2.75) is 18.9 Å². The van der Waals surface area contributed by atoms with E-state index in [0.717, 1.165) is 23.5 Å². The average Bonchev–Trinajstić information content (AvgIpc) is 2.80. The number of rotatable bonds is 0. The number of fused-ring (bicyclic) bond motifs is 5. The van der Waals surface area contributed by atoms with Crippen molar-refractivity contribution in [3.63, 3.8) is 0 Å². The first-order valence-corrected chi connectivity index (χ1v) is 6.53. The van der Waals surface area contributed by atoms with Crippen molar-refractivity contribution in [2.75, 3.05) is 4.90 Å². The molecule has 2 aliphatic rings. The second-order valence-corrected chi connectivity index (χ2v) is 5.19. The van der Waals surface area contributed by atoms with Gasteiger partial charge in [-0.15, -0.1) is 0 Å². The fourth-order valence-corrected chi connectivity index (χ4v) is 3.05. The molecule has 0 aliphatic carbocycles. The zero-order chi connectivity index (χ0) is 13.0. The van der Waals surface area contributed by atoms with Crippen LogP contribution in [-0.2, 0) is 17.6 Å². The van der Waals surface area contributed by atoms with Crippen LogP contribution in [0.4, 0.5) is 11.5 Å². The Hall–Kier alpha value is -1.94. The normalized spacial score (nSPS) is 19.9. The quantitative estimate of drug-likeness (QED) is 0.690. The minimum Gasteiger partial charge on any atom is -0.315 e. The van der Waals surface area contributed by atoms with Crippen LogP contribution in [0.3, 0.4) is 0 Å². The molecule has 1 aromatic heterocycles. The van der Waals surface area contributed by atoms with Gasteiger partial charge in [0.1, 0.15) is 5.82 Å². The Bertz CT molecular complexity index is 701. The summed E-state index contributed by atoms with van der Waals surface area (Å²) in [4.78, 5) is 22.6. The van der Waals surface area contributed by atoms with Gasteiger partial charge in [-0.3, -0.25) is 4.79 Å². The third-order valence-electron chi connectivity index (χ3n) is 3.75. The van der Waals surface area contributed by atoms with Gasteiger partial charge < -0.3 is 4.90 Å². The number of nitrogens with zero attached hydrogens (tertiary/aromatic N) is 3. The Labute approximate surface area is 115 Å². The molecule has 5 heteroatoms. The van der Waals surface area contributed by atoms with Crippen LogP contribution in [0.25, 0.3) is 0 Å². The lowest BCUT2D eigenvalue weighted by Crippen LogP contribution is -2.41. The monoisotopic (exact) mass is 271 g/mol. The summed E-state index contributed by atoms with van der Waals surface area (Å²) in [7, 11) is 0. The largest absolute Gasteiger partial charge is 0.315 e. The van der Waals surface area contributed by atoms with Gasteiger partial charge in [0.2, 0.25) is 5.28 Å². The lowest BCUT2D eigenvalue weighted by atomic mass is 9.98. The number of halogens is 1. The van der Waals surface area contributed by atoms with Crippen molar-refractivity contribution in [2.24, 2.45) is 0 Å². The van der Waals surface area contributed by atoms with Crippen LogP contribution in [0.1, 0.15) is 11.1 Å². The second kappa shape index (κ2) is 3.78. The van der Waals surface area contributed by atoms with E-state index in [2.05, 4.69) is 16.0 Å². The maximum absolute atomic E-state index is 12.3. The maximum Gasteiger partial charge on any atom is 0.224 e. The predicted molar refractivity (Wildman–Crippen MR) is 71.8 cm³/mol. The molecule has 0 spiro atoms. The number of ketones is 1. The number of hydrogen-bond acceptors (Lipinski definition) is 4. The van der Waals surface area contributed by atoms with Crippen molar-refractivity contribution in [3.05, 3.63) is 46.9 Å². The van der Waals surface area contributed by atoms with E-state index in [1.165, 1.54) is 5.56 Å². The summed E-state index contributed by atoms with van der Waals surface area (Å²) >= 11 is 5.90. The van der Waals surface area contributed by atoms with Crippen LogP contribution in [0.5, 0.6) is 0 Å². The molecule has 3 heterocycles. The summed E-state index contributed by atoms with van der Waals surface area (Å²) in [5, 5.41) is 0.219. The third kappa shape index (κ3) is 1.50. The average molecular weight is 272 g/mol. The van der Waals surface area contributed by atoms with Gasteiger partial charge in [0, 0.05) is 30.3 Å². The molecule has 94 valence electrons. The van der Waals surface area contributed by atoms with E-state index in [-0.39, 0.29) is 17.1 Å². The fraction of sp³-hybridized carbons (Fsp3) is 0.214. The standard InChI is InChI=1S/C14H10ClN3O/c15-14-16-7-9-6-12(19)11-5-8-3-1-2-4-10(8)18(11)13(9)17-14/h1-4,7,11H,5-6H2. The molecule has 0 amide bonds. The van der Waals surface area contributed by atoms with Gasteiger partial charge in [-0.05, 0) is 23.2 Å². The number of anilines is 2. The molecule has 0 saturated carbocycles. The fourth-order valence-electron chi connectivity index (χ4n) is 2.92. The number of para-hydroxylation sites is 1. The lowest BCUT2D eigenvalue weighted by Gasteiger charge is -2.31. The summed E-state index contributed by atoms with van der Waals surface area (Å²) in [6.45, 7) is 0. The Balaban J connectivity index is 1.96. The predicted octanol–water partition coefficient (Wildman–Crippen LogP) is 2.32. The SMILES string of the molecule is O=C1Cc2cnc(Cl)nc2N2c3ccccc3CC12. The van der Waals surface area contributed by atoms with E-state index in [4.69, 9.17) is 11.6 Å². The van der Waals surface area contributed by atoms with Gasteiger partial charge in [-0.25, -0.2) is 4.98 Å². The molecule has 4 rings (SSSR count). The molecule has 4 nitrogen and oxygen atoms in total. The highest BCUT2D eigenvalue weighted by Crippen LogP contribution is 2.42. The van der Waals surface area contributed by atoms with Gasteiger partial charge in [-0.2, -0.15) is 4.98 Å². The molecule has 0 N–H and O–H groups in total. The van der Waals surface area contributed by atoms with Gasteiger partial charge in [-0.1, -0.05) is 18.2 Å². The minimum atomic E-state index is -0.143. The lowest BCUT2D eigenvalue weighted by molar-refractivity contribution is -0.119. The van der Waals surface area contributed by atoms with Gasteiger partial charge in [0.05, 0.1) is 6.04 Å². The van der Waals surface area contributed by atoms with E-state index in [0.29, 0.717) is 6.42 Å². The number of carbonyl (C=O) groups excluding carboxylic acids is 1. The molecule has 2 aliphatic heterocycles. The Kier molecular flexibility index (Phi) is 2.17. The zero-order valence-corrected chi connectivity index (χ0v) is 10.8. The number of benzene rings is 1. The van der Waals surface area contributed by atoms with Crippen LogP contribution >= 0.6 is 11.6 Å². The molecule has 0 fully saturated rings. The highest BCUT2D eigenvalue weighted by Gasteiger charge is 2.40. The van der Waals surface area contributed by atoms with Gasteiger partial charge in [0.25, 0.3) is 0 Å². The topological polar surface area (TPSA) is 46.1 Å². The molecular formula is C14H10ClN3O. The van der Waals surface area contributed by atoms with E-state index < -0.39 is 0 Å². The maximum atomic E-state index is 12.3. The van der Waals surface area contributed by atoms with Crippen LogP contribution in [0.2, 0.25) is 5.28 Å². The molecule has 1 aromatic carbocycles. The number of Topliss-reactive ketones (excluding diaryl/α,β-unsaturated/α-hetero) is 1. The number of carbonyl (C=O) groups is 1. The summed E-state index contributed by atoms with van der Waals surface area (Å²) in [6.07, 6.45) is 2.79. The van der Waals surface area contributed by atoms with Crippen LogP contribution in [-0.4, -0.2) is 21.8 Å². The Morgan fingerprint density at radius 3 is 3.00 bits per heavy atom. The van der Waals surface area contributed by atoms with Crippen molar-refractivity contribution < 1.29 is 4.79 Å². The first-order chi connectivity index (χ1) is 9.24. The molecule has 2 aromatic rings. The van der Waals surface area contributed by atoms with Gasteiger partial charge >= 0.3 is 0 Å². The molecule has 1 atom stereocenters. The van der Waals surface area contributed by atoms with Crippen LogP contribution in [0.15, 0.2) is 30.5 Å². The molecule has 0 radical (unpaired) electrons. The van der Waals surface area contributed by atoms with E-state index >= 15 is 0 Å². The van der Waals surface area contributed by atoms with Crippen LogP contribution < -0.4 is 4.90 Å². The first kappa shape index (κ1) is 10.9. The van der Waals surface area contributed by atoms with E-state index in [1.807, 2.05) is 23.1 Å².